The maximum atomic E-state index is 12.5. The van der Waals surface area contributed by atoms with Gasteiger partial charge in [-0.15, -0.1) is 0 Å². The zero-order valence-electron chi connectivity index (χ0n) is 13.7. The van der Waals surface area contributed by atoms with Crippen molar-refractivity contribution < 1.29 is 14.3 Å². The Kier molecular flexibility index (Phi) is 4.24. The quantitative estimate of drug-likeness (QED) is 0.784. The van der Waals surface area contributed by atoms with Crippen molar-refractivity contribution in [2.75, 3.05) is 13.2 Å². The number of carbonyl (C=O) groups is 2. The highest BCUT2D eigenvalue weighted by Gasteiger charge is 2.51. The van der Waals surface area contributed by atoms with Crippen LogP contribution in [0.2, 0.25) is 0 Å². The molecule has 4 heteroatoms. The molecule has 0 saturated heterocycles. The standard InChI is InChI=1S/C19H23NO3/c1-3-23-18(22)19(10-7-11-19)16-12-17(21)20(13-16)14(2)15-8-5-4-6-9-15/h4-6,8-9,12,14H,3,7,10-11,13H2,1-2H3. The fourth-order valence-corrected chi connectivity index (χ4v) is 3.52. The van der Waals surface area contributed by atoms with Gasteiger partial charge in [0.25, 0.3) is 0 Å². The summed E-state index contributed by atoms with van der Waals surface area (Å²) in [4.78, 5) is 26.7. The monoisotopic (exact) mass is 313 g/mol. The number of hydrogen-bond donors (Lipinski definition) is 0. The van der Waals surface area contributed by atoms with Crippen LogP contribution in [0.5, 0.6) is 0 Å². The van der Waals surface area contributed by atoms with Crippen molar-refractivity contribution in [3.05, 3.63) is 47.5 Å². The van der Waals surface area contributed by atoms with Crippen molar-refractivity contribution in [2.24, 2.45) is 5.41 Å². The number of nitrogens with zero attached hydrogens (tertiary/aromatic N) is 1. The summed E-state index contributed by atoms with van der Waals surface area (Å²) in [5.41, 5.74) is 1.47. The smallest absolute Gasteiger partial charge is 0.316 e. The van der Waals surface area contributed by atoms with E-state index in [2.05, 4.69) is 0 Å². The molecule has 1 unspecified atom stereocenters. The topological polar surface area (TPSA) is 46.6 Å². The van der Waals surface area contributed by atoms with Crippen LogP contribution >= 0.6 is 0 Å². The largest absolute Gasteiger partial charge is 0.465 e. The maximum Gasteiger partial charge on any atom is 0.316 e. The molecule has 1 aliphatic carbocycles. The molecular weight excluding hydrogens is 290 g/mol. The Labute approximate surface area is 137 Å². The van der Waals surface area contributed by atoms with Gasteiger partial charge in [-0.05, 0) is 37.8 Å². The minimum Gasteiger partial charge on any atom is -0.465 e. The molecule has 1 aromatic rings. The van der Waals surface area contributed by atoms with Gasteiger partial charge in [0.2, 0.25) is 5.91 Å². The first-order valence-corrected chi connectivity index (χ1v) is 8.32. The molecule has 1 aliphatic heterocycles. The zero-order chi connectivity index (χ0) is 16.4. The van der Waals surface area contributed by atoms with E-state index in [-0.39, 0.29) is 17.9 Å². The van der Waals surface area contributed by atoms with Gasteiger partial charge in [-0.3, -0.25) is 9.59 Å². The van der Waals surface area contributed by atoms with Gasteiger partial charge >= 0.3 is 5.97 Å². The SMILES string of the molecule is CCOC(=O)C1(C2=CC(=O)N(C(C)c3ccccc3)C2)CCC1. The van der Waals surface area contributed by atoms with E-state index in [1.807, 2.05) is 49.1 Å². The number of esters is 1. The molecule has 1 amide bonds. The highest BCUT2D eigenvalue weighted by Crippen LogP contribution is 2.50. The Hall–Kier alpha value is -2.10. The van der Waals surface area contributed by atoms with Crippen molar-refractivity contribution in [1.29, 1.82) is 0 Å². The van der Waals surface area contributed by atoms with E-state index >= 15 is 0 Å². The normalized spacial score (nSPS) is 20.7. The lowest BCUT2D eigenvalue weighted by molar-refractivity contribution is -0.157. The molecule has 1 saturated carbocycles. The van der Waals surface area contributed by atoms with Crippen molar-refractivity contribution in [3.63, 3.8) is 0 Å². The second kappa shape index (κ2) is 6.19. The van der Waals surface area contributed by atoms with Gasteiger partial charge in [-0.1, -0.05) is 36.8 Å². The number of hydrogen-bond acceptors (Lipinski definition) is 3. The second-order valence-corrected chi connectivity index (χ2v) is 6.38. The van der Waals surface area contributed by atoms with Crippen LogP contribution < -0.4 is 0 Å². The van der Waals surface area contributed by atoms with Crippen molar-refractivity contribution >= 4 is 11.9 Å². The van der Waals surface area contributed by atoms with Crippen LogP contribution in [-0.4, -0.2) is 29.9 Å². The van der Waals surface area contributed by atoms with Gasteiger partial charge in [-0.25, -0.2) is 0 Å². The first-order valence-electron chi connectivity index (χ1n) is 8.32. The fourth-order valence-electron chi connectivity index (χ4n) is 3.52. The zero-order valence-corrected chi connectivity index (χ0v) is 13.7. The lowest BCUT2D eigenvalue weighted by Crippen LogP contribution is -2.43. The highest BCUT2D eigenvalue weighted by atomic mass is 16.5. The molecule has 2 aliphatic rings. The Bertz CT molecular complexity index is 631. The maximum absolute atomic E-state index is 12.5. The highest BCUT2D eigenvalue weighted by molar-refractivity contribution is 5.95. The van der Waals surface area contributed by atoms with Crippen LogP contribution in [0.15, 0.2) is 42.0 Å². The molecule has 122 valence electrons. The van der Waals surface area contributed by atoms with Crippen LogP contribution in [0.1, 0.15) is 44.7 Å². The third-order valence-corrected chi connectivity index (χ3v) is 5.16. The molecule has 3 rings (SSSR count). The van der Waals surface area contributed by atoms with E-state index in [0.29, 0.717) is 13.2 Å². The summed E-state index contributed by atoms with van der Waals surface area (Å²) in [5, 5.41) is 0. The summed E-state index contributed by atoms with van der Waals surface area (Å²) in [7, 11) is 0. The molecule has 1 fully saturated rings. The van der Waals surface area contributed by atoms with E-state index in [1.165, 1.54) is 0 Å². The van der Waals surface area contributed by atoms with E-state index in [9.17, 15) is 9.59 Å². The van der Waals surface area contributed by atoms with E-state index in [4.69, 9.17) is 4.74 Å². The number of carbonyl (C=O) groups excluding carboxylic acids is 2. The van der Waals surface area contributed by atoms with Gasteiger partial charge in [0, 0.05) is 12.6 Å². The van der Waals surface area contributed by atoms with E-state index in [1.54, 1.807) is 6.08 Å². The number of ether oxygens (including phenoxy) is 1. The average Bonchev–Trinajstić information content (AvgIpc) is 2.88. The summed E-state index contributed by atoms with van der Waals surface area (Å²) in [5.74, 6) is -0.175. The Morgan fingerprint density at radius 1 is 1.30 bits per heavy atom. The third-order valence-electron chi connectivity index (χ3n) is 5.16. The Balaban J connectivity index is 1.78. The number of rotatable bonds is 5. The van der Waals surface area contributed by atoms with Crippen molar-refractivity contribution in [1.82, 2.24) is 4.90 Å². The molecule has 0 radical (unpaired) electrons. The van der Waals surface area contributed by atoms with Gasteiger partial charge < -0.3 is 9.64 Å². The predicted octanol–water partition coefficient (Wildman–Crippen LogP) is 3.25. The van der Waals surface area contributed by atoms with E-state index < -0.39 is 5.41 Å². The molecule has 23 heavy (non-hydrogen) atoms. The van der Waals surface area contributed by atoms with Crippen LogP contribution in [0, 0.1) is 5.41 Å². The van der Waals surface area contributed by atoms with Crippen molar-refractivity contribution in [2.45, 2.75) is 39.2 Å². The van der Waals surface area contributed by atoms with Gasteiger partial charge in [0.05, 0.1) is 18.1 Å². The molecule has 1 heterocycles. The Morgan fingerprint density at radius 3 is 2.57 bits per heavy atom. The first-order chi connectivity index (χ1) is 11.1. The summed E-state index contributed by atoms with van der Waals surface area (Å²) in [6.45, 7) is 4.75. The molecule has 1 atom stereocenters. The van der Waals surface area contributed by atoms with Crippen LogP contribution in [0.4, 0.5) is 0 Å². The molecule has 0 spiro atoms. The summed E-state index contributed by atoms with van der Waals surface area (Å²) in [6.07, 6.45) is 4.26. The van der Waals surface area contributed by atoms with Gasteiger partial charge in [-0.2, -0.15) is 0 Å². The lowest BCUT2D eigenvalue weighted by Gasteiger charge is -2.41. The molecule has 4 nitrogen and oxygen atoms in total. The summed E-state index contributed by atoms with van der Waals surface area (Å²) in [6, 6.07) is 9.98. The van der Waals surface area contributed by atoms with E-state index in [0.717, 1.165) is 30.4 Å². The molecule has 1 aromatic carbocycles. The first kappa shape index (κ1) is 15.8. The third kappa shape index (κ3) is 2.67. The van der Waals surface area contributed by atoms with Crippen LogP contribution in [0.3, 0.4) is 0 Å². The van der Waals surface area contributed by atoms with Gasteiger partial charge in [0.1, 0.15) is 0 Å². The van der Waals surface area contributed by atoms with Crippen molar-refractivity contribution in [3.8, 4) is 0 Å². The second-order valence-electron chi connectivity index (χ2n) is 6.38. The predicted molar refractivity (Wildman–Crippen MR) is 87.6 cm³/mol. The molecular formula is C19H23NO3. The fraction of sp³-hybridized carbons (Fsp3) is 0.474. The lowest BCUT2D eigenvalue weighted by atomic mass is 9.64. The molecule has 0 N–H and O–H groups in total. The number of amides is 1. The minimum atomic E-state index is -0.559. The number of benzene rings is 1. The average molecular weight is 313 g/mol. The molecule has 0 bridgehead atoms. The Morgan fingerprint density at radius 2 is 2.00 bits per heavy atom. The van der Waals surface area contributed by atoms with Crippen LogP contribution in [-0.2, 0) is 14.3 Å². The molecule has 0 aromatic heterocycles. The van der Waals surface area contributed by atoms with Crippen LogP contribution in [0.25, 0.3) is 0 Å². The summed E-state index contributed by atoms with van der Waals surface area (Å²) < 4.78 is 5.27. The minimum absolute atomic E-state index is 0.00299. The summed E-state index contributed by atoms with van der Waals surface area (Å²) >= 11 is 0. The van der Waals surface area contributed by atoms with Gasteiger partial charge in [0.15, 0.2) is 0 Å².